The first-order valence-corrected chi connectivity index (χ1v) is 8.30. The zero-order valence-corrected chi connectivity index (χ0v) is 13.2. The summed E-state index contributed by atoms with van der Waals surface area (Å²) in [5.41, 5.74) is 2.15. The Morgan fingerprint density at radius 1 is 1.47 bits per heavy atom. The fourth-order valence-corrected chi connectivity index (χ4v) is 4.47. The molecule has 0 aromatic heterocycles. The van der Waals surface area contributed by atoms with E-state index < -0.39 is 0 Å². The summed E-state index contributed by atoms with van der Waals surface area (Å²) in [4.78, 5) is 0. The summed E-state index contributed by atoms with van der Waals surface area (Å²) in [5.74, 6) is 1.19. The lowest BCUT2D eigenvalue weighted by atomic mass is 9.92. The Kier molecular flexibility index (Phi) is 5.15. The molecular formula is C15H21ClFNS. The number of hydrogen-bond acceptors (Lipinski definition) is 2. The standard InChI is InChI=1S/C15H21ClFNS/c1-4-5-18-14-11-6-10(17)7-13(16)12(11)8-19-15(14)9(2)3/h6-7,9,14-15,18H,4-5,8H2,1-3H3. The number of thioether (sulfide) groups is 1. The number of halogens is 2. The molecule has 0 bridgehead atoms. The van der Waals surface area contributed by atoms with E-state index in [1.54, 1.807) is 6.07 Å². The summed E-state index contributed by atoms with van der Waals surface area (Å²) >= 11 is 8.12. The number of rotatable bonds is 4. The van der Waals surface area contributed by atoms with Gasteiger partial charge in [-0.3, -0.25) is 0 Å². The average molecular weight is 302 g/mol. The van der Waals surface area contributed by atoms with E-state index >= 15 is 0 Å². The number of fused-ring (bicyclic) bond motifs is 1. The maximum Gasteiger partial charge on any atom is 0.125 e. The van der Waals surface area contributed by atoms with E-state index in [2.05, 4.69) is 26.1 Å². The zero-order valence-electron chi connectivity index (χ0n) is 11.7. The van der Waals surface area contributed by atoms with Crippen molar-refractivity contribution < 1.29 is 4.39 Å². The maximum absolute atomic E-state index is 13.7. The van der Waals surface area contributed by atoms with Gasteiger partial charge in [0, 0.05) is 22.1 Å². The van der Waals surface area contributed by atoms with Crippen molar-refractivity contribution >= 4 is 23.4 Å². The molecule has 2 unspecified atom stereocenters. The molecule has 0 saturated heterocycles. The molecule has 0 spiro atoms. The second-order valence-electron chi connectivity index (χ2n) is 5.41. The van der Waals surface area contributed by atoms with Crippen molar-refractivity contribution in [2.75, 3.05) is 6.54 Å². The Labute approximate surface area is 124 Å². The van der Waals surface area contributed by atoms with Gasteiger partial charge in [-0.15, -0.1) is 0 Å². The fraction of sp³-hybridized carbons (Fsp3) is 0.600. The topological polar surface area (TPSA) is 12.0 Å². The molecule has 1 aliphatic rings. The van der Waals surface area contributed by atoms with Gasteiger partial charge in [-0.2, -0.15) is 11.8 Å². The lowest BCUT2D eigenvalue weighted by molar-refractivity contribution is 0.436. The fourth-order valence-electron chi connectivity index (χ4n) is 2.61. The number of hydrogen-bond donors (Lipinski definition) is 1. The van der Waals surface area contributed by atoms with E-state index in [1.165, 1.54) is 6.07 Å². The highest BCUT2D eigenvalue weighted by atomic mass is 35.5. The lowest BCUT2D eigenvalue weighted by Crippen LogP contribution is -2.37. The van der Waals surface area contributed by atoms with Crippen LogP contribution in [-0.2, 0) is 5.75 Å². The molecule has 0 amide bonds. The van der Waals surface area contributed by atoms with Crippen molar-refractivity contribution in [2.24, 2.45) is 5.92 Å². The second kappa shape index (κ2) is 6.47. The second-order valence-corrected chi connectivity index (χ2v) is 6.98. The number of benzene rings is 1. The van der Waals surface area contributed by atoms with Gasteiger partial charge in [-0.05, 0) is 42.1 Å². The van der Waals surface area contributed by atoms with Gasteiger partial charge in [0.2, 0.25) is 0 Å². The molecular weight excluding hydrogens is 281 g/mol. The molecule has 2 atom stereocenters. The van der Waals surface area contributed by atoms with Gasteiger partial charge in [-0.25, -0.2) is 4.39 Å². The van der Waals surface area contributed by atoms with E-state index in [-0.39, 0.29) is 11.9 Å². The van der Waals surface area contributed by atoms with Crippen molar-refractivity contribution in [3.05, 3.63) is 34.1 Å². The normalized spacial score (nSPS) is 22.6. The van der Waals surface area contributed by atoms with Crippen LogP contribution in [0.4, 0.5) is 4.39 Å². The van der Waals surface area contributed by atoms with Crippen LogP contribution in [0.2, 0.25) is 5.02 Å². The molecule has 1 nitrogen and oxygen atoms in total. The monoisotopic (exact) mass is 301 g/mol. The molecule has 4 heteroatoms. The van der Waals surface area contributed by atoms with Gasteiger partial charge >= 0.3 is 0 Å². The SMILES string of the molecule is CCCNC1c2cc(F)cc(Cl)c2CSC1C(C)C. The smallest absolute Gasteiger partial charge is 0.125 e. The first-order valence-electron chi connectivity index (χ1n) is 6.87. The summed E-state index contributed by atoms with van der Waals surface area (Å²) in [6.45, 7) is 7.54. The van der Waals surface area contributed by atoms with Gasteiger partial charge in [0.05, 0.1) is 0 Å². The first kappa shape index (κ1) is 15.1. The minimum absolute atomic E-state index is 0.196. The van der Waals surface area contributed by atoms with E-state index in [0.29, 0.717) is 16.2 Å². The van der Waals surface area contributed by atoms with E-state index in [1.807, 2.05) is 11.8 Å². The van der Waals surface area contributed by atoms with Crippen molar-refractivity contribution in [3.63, 3.8) is 0 Å². The first-order chi connectivity index (χ1) is 9.04. The highest BCUT2D eigenvalue weighted by Crippen LogP contribution is 2.43. The van der Waals surface area contributed by atoms with Crippen LogP contribution in [0.15, 0.2) is 12.1 Å². The van der Waals surface area contributed by atoms with Gasteiger partial charge in [-0.1, -0.05) is 32.4 Å². The highest BCUT2D eigenvalue weighted by molar-refractivity contribution is 7.99. The molecule has 106 valence electrons. The summed E-state index contributed by atoms with van der Waals surface area (Å²) in [6, 6.07) is 3.28. The molecule has 1 aromatic rings. The Morgan fingerprint density at radius 2 is 2.21 bits per heavy atom. The molecule has 1 aromatic carbocycles. The van der Waals surface area contributed by atoms with Gasteiger partial charge < -0.3 is 5.32 Å². The Morgan fingerprint density at radius 3 is 2.84 bits per heavy atom. The highest BCUT2D eigenvalue weighted by Gasteiger charge is 2.33. The molecule has 1 heterocycles. The Bertz CT molecular complexity index is 450. The predicted octanol–water partition coefficient (Wildman–Crippen LogP) is 4.79. The molecule has 19 heavy (non-hydrogen) atoms. The quantitative estimate of drug-likeness (QED) is 0.858. The molecule has 0 radical (unpaired) electrons. The van der Waals surface area contributed by atoms with Crippen molar-refractivity contribution in [1.82, 2.24) is 5.32 Å². The molecule has 1 aliphatic heterocycles. The van der Waals surface area contributed by atoms with Crippen LogP contribution in [0.5, 0.6) is 0 Å². The lowest BCUT2D eigenvalue weighted by Gasteiger charge is -2.36. The summed E-state index contributed by atoms with van der Waals surface area (Å²) in [7, 11) is 0. The number of nitrogens with one attached hydrogen (secondary N) is 1. The Hall–Kier alpha value is -0.250. The third-order valence-corrected chi connectivity index (χ3v) is 5.54. The van der Waals surface area contributed by atoms with E-state index in [4.69, 9.17) is 11.6 Å². The predicted molar refractivity (Wildman–Crippen MR) is 82.4 cm³/mol. The molecule has 0 saturated carbocycles. The van der Waals surface area contributed by atoms with Crippen molar-refractivity contribution in [1.29, 1.82) is 0 Å². The minimum atomic E-state index is -0.235. The average Bonchev–Trinajstić information content (AvgIpc) is 2.35. The molecule has 0 fully saturated rings. The Balaban J connectivity index is 2.39. The van der Waals surface area contributed by atoms with E-state index in [0.717, 1.165) is 29.8 Å². The minimum Gasteiger partial charge on any atom is -0.309 e. The van der Waals surface area contributed by atoms with Crippen LogP contribution in [0.1, 0.15) is 44.4 Å². The third kappa shape index (κ3) is 3.26. The maximum atomic E-state index is 13.7. The zero-order chi connectivity index (χ0) is 14.0. The van der Waals surface area contributed by atoms with Crippen molar-refractivity contribution in [2.45, 2.75) is 44.2 Å². The van der Waals surface area contributed by atoms with Crippen LogP contribution < -0.4 is 5.32 Å². The van der Waals surface area contributed by atoms with E-state index in [9.17, 15) is 4.39 Å². The molecule has 2 rings (SSSR count). The van der Waals surface area contributed by atoms with Crippen molar-refractivity contribution in [3.8, 4) is 0 Å². The van der Waals surface area contributed by atoms with Crippen LogP contribution in [0.25, 0.3) is 0 Å². The summed E-state index contributed by atoms with van der Waals surface area (Å²) in [5, 5.41) is 4.60. The largest absolute Gasteiger partial charge is 0.309 e. The molecule has 0 aliphatic carbocycles. The van der Waals surface area contributed by atoms with Crippen LogP contribution in [0.3, 0.4) is 0 Å². The van der Waals surface area contributed by atoms with Crippen LogP contribution in [-0.4, -0.2) is 11.8 Å². The van der Waals surface area contributed by atoms with Gasteiger partial charge in [0.25, 0.3) is 0 Å². The van der Waals surface area contributed by atoms with Gasteiger partial charge in [0.15, 0.2) is 0 Å². The molecule has 1 N–H and O–H groups in total. The third-order valence-electron chi connectivity index (χ3n) is 3.55. The van der Waals surface area contributed by atoms with Gasteiger partial charge in [0.1, 0.15) is 5.82 Å². The van der Waals surface area contributed by atoms with Crippen LogP contribution in [0, 0.1) is 11.7 Å². The summed E-state index contributed by atoms with van der Waals surface area (Å²) in [6.07, 6.45) is 1.07. The van der Waals surface area contributed by atoms with Crippen LogP contribution >= 0.6 is 23.4 Å². The summed E-state index contributed by atoms with van der Waals surface area (Å²) < 4.78 is 13.7.